The van der Waals surface area contributed by atoms with Gasteiger partial charge in [-0.2, -0.15) is 5.26 Å². The monoisotopic (exact) mass is 773 g/mol. The maximum atomic E-state index is 13.4. The fourth-order valence-corrected chi connectivity index (χ4v) is 7.63. The predicted molar refractivity (Wildman–Crippen MR) is 202 cm³/mol. The number of aliphatic hydroxyl groups is 1. The molecule has 2 unspecified atom stereocenters. The molecule has 2 aromatic rings. The third-order valence-electron chi connectivity index (χ3n) is 11.1. The van der Waals surface area contributed by atoms with Crippen LogP contribution in [0.2, 0.25) is 0 Å². The van der Waals surface area contributed by atoms with Crippen LogP contribution >= 0.6 is 7.82 Å². The zero-order chi connectivity index (χ0) is 39.6. The third-order valence-corrected chi connectivity index (χ3v) is 11.5. The average Bonchev–Trinajstić information content (AvgIpc) is 3.66. The van der Waals surface area contributed by atoms with E-state index in [4.69, 9.17) is 23.8 Å². The van der Waals surface area contributed by atoms with Gasteiger partial charge in [0.25, 0.3) is 7.82 Å². The van der Waals surface area contributed by atoms with Crippen LogP contribution in [0.15, 0.2) is 36.4 Å². The van der Waals surface area contributed by atoms with E-state index in [9.17, 15) is 24.6 Å². The predicted octanol–water partition coefficient (Wildman–Crippen LogP) is 5.80. The highest BCUT2D eigenvalue weighted by Crippen LogP contribution is 2.44. The summed E-state index contributed by atoms with van der Waals surface area (Å²) in [6.45, 7) is 12.2. The van der Waals surface area contributed by atoms with Crippen molar-refractivity contribution in [2.24, 2.45) is 5.92 Å². The summed E-state index contributed by atoms with van der Waals surface area (Å²) in [4.78, 5) is 33.7. The maximum Gasteiger partial charge on any atom is 0.309 e. The number of nitrogens with one attached hydrogen (secondary N) is 1. The Bertz CT molecular complexity index is 1620. The lowest BCUT2D eigenvalue weighted by molar-refractivity contribution is -0.937. The van der Waals surface area contributed by atoms with Crippen molar-refractivity contribution < 1.29 is 52.2 Å². The number of hydrogen-bond donors (Lipinski definition) is 3. The van der Waals surface area contributed by atoms with Crippen LogP contribution < -0.4 is 24.4 Å². The fraction of sp³-hybridized carbons (Fsp3) is 0.650. The van der Waals surface area contributed by atoms with Crippen molar-refractivity contribution in [3.05, 3.63) is 53.1 Å². The molecule has 14 heteroatoms. The highest BCUT2D eigenvalue weighted by molar-refractivity contribution is 7.44. The van der Waals surface area contributed by atoms with E-state index in [2.05, 4.69) is 29.8 Å². The lowest BCUT2D eigenvalue weighted by atomic mass is 9.67. The highest BCUT2D eigenvalue weighted by atomic mass is 31.2. The van der Waals surface area contributed by atoms with Gasteiger partial charge in [-0.05, 0) is 121 Å². The molecule has 300 valence electrons. The third kappa shape index (κ3) is 12.1. The normalized spacial score (nSPS) is 21.1. The zero-order valence-corrected chi connectivity index (χ0v) is 33.7. The summed E-state index contributed by atoms with van der Waals surface area (Å²) in [7, 11) is -3.40. The van der Waals surface area contributed by atoms with Gasteiger partial charge in [-0.3, -0.25) is 13.9 Å². The van der Waals surface area contributed by atoms with E-state index < -0.39 is 26.1 Å². The lowest BCUT2D eigenvalue weighted by Gasteiger charge is -2.38. The van der Waals surface area contributed by atoms with Crippen molar-refractivity contribution in [1.82, 2.24) is 5.32 Å². The number of phosphoric ester groups is 1. The van der Waals surface area contributed by atoms with Crippen LogP contribution in [0.4, 0.5) is 0 Å². The molecule has 0 heterocycles. The Hall–Kier alpha value is -3.21. The first-order valence-electron chi connectivity index (χ1n) is 19.2. The van der Waals surface area contributed by atoms with E-state index in [1.54, 1.807) is 13.2 Å². The minimum atomic E-state index is -5.01. The summed E-state index contributed by atoms with van der Waals surface area (Å²) in [6, 6.07) is 13.6. The van der Waals surface area contributed by atoms with Crippen molar-refractivity contribution in [3.63, 3.8) is 0 Å². The molecule has 2 saturated carbocycles. The molecule has 2 aromatic carbocycles. The number of benzene rings is 2. The summed E-state index contributed by atoms with van der Waals surface area (Å²) in [5, 5.41) is 24.6. The van der Waals surface area contributed by atoms with Gasteiger partial charge in [0.2, 0.25) is 0 Å². The van der Waals surface area contributed by atoms with E-state index >= 15 is 0 Å². The smallest absolute Gasteiger partial charge is 0.309 e. The van der Waals surface area contributed by atoms with Gasteiger partial charge in [0, 0.05) is 17.6 Å². The van der Waals surface area contributed by atoms with E-state index in [0.717, 1.165) is 36.8 Å². The Labute approximate surface area is 320 Å². The van der Waals surface area contributed by atoms with Crippen LogP contribution in [-0.2, 0) is 30.6 Å². The Kier molecular flexibility index (Phi) is 15.4. The number of likely N-dealkylation sites (N-methyl/N-ethyl adjacent to an activating group) is 1. The van der Waals surface area contributed by atoms with Gasteiger partial charge in [0.15, 0.2) is 18.3 Å². The van der Waals surface area contributed by atoms with Gasteiger partial charge in [0.05, 0.1) is 49.8 Å². The number of methoxy groups -OCH3 is 1. The molecule has 2 atom stereocenters. The topological polar surface area (TPSA) is 180 Å². The van der Waals surface area contributed by atoms with Crippen LogP contribution in [-0.4, -0.2) is 78.8 Å². The molecular formula is C40H60N3O10P. The Morgan fingerprint density at radius 2 is 1.76 bits per heavy atom. The second-order valence-electron chi connectivity index (χ2n) is 15.8. The number of esters is 1. The molecule has 2 aliphatic rings. The number of ether oxygens (including phenoxy) is 4. The number of carbonyl (C=O) groups is 1. The van der Waals surface area contributed by atoms with Gasteiger partial charge in [0.1, 0.15) is 25.4 Å². The number of β-amino-alcohol motifs (C(OH)–C–C–N with tert-alkyl or cyclic N) is 1. The fourth-order valence-electron chi connectivity index (χ4n) is 7.45. The number of rotatable bonds is 19. The van der Waals surface area contributed by atoms with Crippen LogP contribution in [0.25, 0.3) is 0 Å². The molecule has 3 N–H and O–H groups in total. The van der Waals surface area contributed by atoms with Gasteiger partial charge >= 0.3 is 5.97 Å². The number of nitrogens with zero attached hydrogens (tertiary/aromatic N) is 2. The quantitative estimate of drug-likeness (QED) is 0.0677. The standard InChI is InChI=1S/C40H60N3O10P/c1-7-43(8-2,26-31-14-13-30(34(44)25-42-39(3,4)5)23-36(31)51-28-52-54(46,47)48)21-22-50-38(45)29-17-19-40(27-41,20-18-29)32-15-16-35(49-6)37(24-32)53-33-11-9-10-12-33/h13-16,23-24,29,33-34,42,44H,7-12,17-22,25-26,28H2,1-6H3,(H-,46,47,48). The molecule has 0 spiro atoms. The van der Waals surface area contributed by atoms with Crippen molar-refractivity contribution in [2.45, 2.75) is 116 Å². The largest absolute Gasteiger partial charge is 0.756 e. The van der Waals surface area contributed by atoms with E-state index in [1.165, 1.54) is 0 Å². The molecule has 0 aliphatic heterocycles. The van der Waals surface area contributed by atoms with Crippen molar-refractivity contribution in [2.75, 3.05) is 46.7 Å². The van der Waals surface area contributed by atoms with Crippen LogP contribution in [0, 0.1) is 17.2 Å². The van der Waals surface area contributed by atoms with Gasteiger partial charge < -0.3 is 43.6 Å². The van der Waals surface area contributed by atoms with Crippen LogP contribution in [0.5, 0.6) is 17.2 Å². The molecular weight excluding hydrogens is 713 g/mol. The van der Waals surface area contributed by atoms with Crippen molar-refractivity contribution in [1.29, 1.82) is 5.26 Å². The highest BCUT2D eigenvalue weighted by Gasteiger charge is 2.40. The Balaban J connectivity index is 1.39. The summed E-state index contributed by atoms with van der Waals surface area (Å²) >= 11 is 0. The molecule has 0 bridgehead atoms. The second-order valence-corrected chi connectivity index (χ2v) is 17.0. The summed E-state index contributed by atoms with van der Waals surface area (Å²) < 4.78 is 39.7. The van der Waals surface area contributed by atoms with E-state index in [-0.39, 0.29) is 36.7 Å². The number of quaternary nitrogens is 1. The second kappa shape index (κ2) is 19.1. The first-order valence-corrected chi connectivity index (χ1v) is 20.7. The molecule has 13 nitrogen and oxygen atoms in total. The number of nitriles is 1. The van der Waals surface area contributed by atoms with E-state index in [1.807, 2.05) is 51.1 Å². The minimum absolute atomic E-state index is 0.152. The Morgan fingerprint density at radius 1 is 1.07 bits per heavy atom. The van der Waals surface area contributed by atoms with Gasteiger partial charge in [-0.25, -0.2) is 0 Å². The van der Waals surface area contributed by atoms with Crippen LogP contribution in [0.1, 0.15) is 109 Å². The summed E-state index contributed by atoms with van der Waals surface area (Å²) in [6.07, 6.45) is 5.74. The summed E-state index contributed by atoms with van der Waals surface area (Å²) in [5.41, 5.74) is 1.25. The summed E-state index contributed by atoms with van der Waals surface area (Å²) in [5.74, 6) is 1.06. The number of carbonyl (C=O) groups excluding carboxylic acids is 1. The van der Waals surface area contributed by atoms with Crippen molar-refractivity contribution in [3.8, 4) is 23.3 Å². The molecule has 0 aromatic heterocycles. The molecule has 0 radical (unpaired) electrons. The number of aliphatic hydroxyl groups excluding tert-OH is 1. The number of phosphoric acid groups is 1. The lowest BCUT2D eigenvalue weighted by Crippen LogP contribution is -2.49. The first-order chi connectivity index (χ1) is 25.5. The molecule has 0 amide bonds. The molecule has 4 rings (SSSR count). The molecule has 0 saturated heterocycles. The van der Waals surface area contributed by atoms with Crippen molar-refractivity contribution >= 4 is 13.8 Å². The Morgan fingerprint density at radius 3 is 2.35 bits per heavy atom. The first kappa shape index (κ1) is 43.5. The maximum absolute atomic E-state index is 13.4. The average molecular weight is 774 g/mol. The van der Waals surface area contributed by atoms with Crippen LogP contribution in [0.3, 0.4) is 0 Å². The zero-order valence-electron chi connectivity index (χ0n) is 32.8. The molecule has 54 heavy (non-hydrogen) atoms. The molecule has 2 fully saturated rings. The number of hydrogen-bond acceptors (Lipinski definition) is 11. The minimum Gasteiger partial charge on any atom is -0.756 e. The van der Waals surface area contributed by atoms with Gasteiger partial charge in [-0.15, -0.1) is 0 Å². The molecule has 2 aliphatic carbocycles. The van der Waals surface area contributed by atoms with Gasteiger partial charge in [-0.1, -0.05) is 12.1 Å². The SMILES string of the molecule is CC[N+](CC)(CCOC(=O)C1CCC(C#N)(c2ccc(OC)c(OC3CCCC3)c2)CC1)Cc1ccc(C(O)CNC(C)(C)C)cc1OCOP(=O)([O-])O. The van der Waals surface area contributed by atoms with E-state index in [0.29, 0.717) is 79.2 Å².